The van der Waals surface area contributed by atoms with Crippen molar-refractivity contribution in [2.75, 3.05) is 12.9 Å². The molecule has 2 aromatic rings. The van der Waals surface area contributed by atoms with Gasteiger partial charge in [-0.3, -0.25) is 9.59 Å². The van der Waals surface area contributed by atoms with Crippen LogP contribution in [0.25, 0.3) is 0 Å². The maximum Gasteiger partial charge on any atom is 0.243 e. The number of methoxy groups -OCH3 is 1. The van der Waals surface area contributed by atoms with Crippen molar-refractivity contribution in [3.63, 3.8) is 0 Å². The molecule has 0 saturated heterocycles. The van der Waals surface area contributed by atoms with Gasteiger partial charge in [0, 0.05) is 29.7 Å². The normalized spacial score (nSPS) is 12.6. The first kappa shape index (κ1) is 24.8. The second kappa shape index (κ2) is 13.1. The fourth-order valence-electron chi connectivity index (χ4n) is 3.24. The van der Waals surface area contributed by atoms with E-state index in [0.717, 1.165) is 22.6 Å². The fourth-order valence-corrected chi connectivity index (χ4v) is 4.11. The topological polar surface area (TPSA) is 58.6 Å². The van der Waals surface area contributed by atoms with Crippen LogP contribution in [0.4, 0.5) is 0 Å². The highest BCUT2D eigenvalue weighted by molar-refractivity contribution is 7.99. The number of hydrogen-bond donors (Lipinski definition) is 1. The smallest absolute Gasteiger partial charge is 0.243 e. The fraction of sp³-hybridized carbons (Fsp3) is 0.440. The van der Waals surface area contributed by atoms with E-state index in [2.05, 4.69) is 5.32 Å². The van der Waals surface area contributed by atoms with E-state index in [1.807, 2.05) is 75.4 Å². The van der Waals surface area contributed by atoms with E-state index in [1.165, 1.54) is 0 Å². The predicted octanol–water partition coefficient (Wildman–Crippen LogP) is 4.90. The lowest BCUT2D eigenvalue weighted by atomic mass is 10.1. The Morgan fingerprint density at radius 3 is 2.45 bits per heavy atom. The number of carbonyl (C=O) groups is 2. The van der Waals surface area contributed by atoms with E-state index >= 15 is 0 Å². The van der Waals surface area contributed by atoms with Gasteiger partial charge >= 0.3 is 0 Å². The van der Waals surface area contributed by atoms with Crippen LogP contribution in [0.5, 0.6) is 5.75 Å². The summed E-state index contributed by atoms with van der Waals surface area (Å²) in [5, 5.41) is 3.04. The third-order valence-corrected chi connectivity index (χ3v) is 6.22. The van der Waals surface area contributed by atoms with Crippen LogP contribution in [-0.2, 0) is 16.1 Å². The van der Waals surface area contributed by atoms with Gasteiger partial charge in [0.1, 0.15) is 11.8 Å². The highest BCUT2D eigenvalue weighted by Gasteiger charge is 2.29. The molecule has 0 radical (unpaired) electrons. The minimum absolute atomic E-state index is 0.0163. The third-order valence-electron chi connectivity index (χ3n) is 5.20. The van der Waals surface area contributed by atoms with Crippen molar-refractivity contribution in [1.29, 1.82) is 0 Å². The van der Waals surface area contributed by atoms with Gasteiger partial charge < -0.3 is 15.0 Å². The summed E-state index contributed by atoms with van der Waals surface area (Å²) in [6, 6.07) is 17.3. The molecule has 0 aliphatic heterocycles. The molecular weight excluding hydrogens is 408 g/mol. The average molecular weight is 443 g/mol. The first-order valence-corrected chi connectivity index (χ1v) is 11.9. The van der Waals surface area contributed by atoms with Gasteiger partial charge in [-0.1, -0.05) is 44.2 Å². The van der Waals surface area contributed by atoms with Gasteiger partial charge in [0.05, 0.1) is 7.11 Å². The summed E-state index contributed by atoms with van der Waals surface area (Å²) in [6.07, 6.45) is 1.78. The van der Waals surface area contributed by atoms with Crippen molar-refractivity contribution >= 4 is 23.6 Å². The molecule has 168 valence electrons. The van der Waals surface area contributed by atoms with Crippen molar-refractivity contribution in [3.05, 3.63) is 60.2 Å². The Morgan fingerprint density at radius 1 is 1.06 bits per heavy atom. The van der Waals surface area contributed by atoms with Crippen molar-refractivity contribution in [2.24, 2.45) is 0 Å². The van der Waals surface area contributed by atoms with Crippen LogP contribution in [0.15, 0.2) is 59.5 Å². The standard InChI is InChI=1S/C25H34N2O3S/c1-5-19(3)26-25(29)23(6-2)27(18-20-11-10-12-21(17-20)30-4)24(28)15-16-31-22-13-8-7-9-14-22/h7-14,17,19,23H,5-6,15-16,18H2,1-4H3,(H,26,29)/t19-,23-/m0/s1. The molecule has 5 nitrogen and oxygen atoms in total. The number of rotatable bonds is 12. The first-order valence-electron chi connectivity index (χ1n) is 10.9. The maximum atomic E-state index is 13.3. The van der Waals surface area contributed by atoms with Gasteiger partial charge in [-0.2, -0.15) is 0 Å². The number of amides is 2. The van der Waals surface area contributed by atoms with Crippen LogP contribution in [0, 0.1) is 0 Å². The first-order chi connectivity index (χ1) is 15.0. The maximum absolute atomic E-state index is 13.3. The lowest BCUT2D eigenvalue weighted by Crippen LogP contribution is -2.50. The summed E-state index contributed by atoms with van der Waals surface area (Å²) in [4.78, 5) is 29.1. The van der Waals surface area contributed by atoms with Crippen molar-refractivity contribution in [1.82, 2.24) is 10.2 Å². The van der Waals surface area contributed by atoms with Crippen LogP contribution in [0.2, 0.25) is 0 Å². The SMILES string of the molecule is CC[C@H](C)NC(=O)[C@H](CC)N(Cc1cccc(OC)c1)C(=O)CCSc1ccccc1. The van der Waals surface area contributed by atoms with Crippen LogP contribution in [-0.4, -0.2) is 41.7 Å². The van der Waals surface area contributed by atoms with Gasteiger partial charge in [0.15, 0.2) is 0 Å². The van der Waals surface area contributed by atoms with E-state index in [1.54, 1.807) is 23.8 Å². The number of thioether (sulfide) groups is 1. The molecule has 0 bridgehead atoms. The van der Waals surface area contributed by atoms with Crippen molar-refractivity contribution in [2.45, 2.75) is 63.6 Å². The van der Waals surface area contributed by atoms with Crippen LogP contribution < -0.4 is 10.1 Å². The molecule has 1 N–H and O–H groups in total. The second-order valence-corrected chi connectivity index (χ2v) is 8.69. The molecule has 0 aromatic heterocycles. The Balaban J connectivity index is 2.16. The van der Waals surface area contributed by atoms with Gasteiger partial charge in [-0.15, -0.1) is 11.8 Å². The average Bonchev–Trinajstić information content (AvgIpc) is 2.79. The molecule has 2 atom stereocenters. The molecule has 2 aromatic carbocycles. The van der Waals surface area contributed by atoms with Gasteiger partial charge in [0.2, 0.25) is 11.8 Å². The summed E-state index contributed by atoms with van der Waals surface area (Å²) >= 11 is 1.65. The van der Waals surface area contributed by atoms with Crippen molar-refractivity contribution in [3.8, 4) is 5.75 Å². The summed E-state index contributed by atoms with van der Waals surface area (Å²) in [5.41, 5.74) is 0.943. The predicted molar refractivity (Wildman–Crippen MR) is 127 cm³/mol. The third kappa shape index (κ3) is 7.94. The molecule has 0 unspecified atom stereocenters. The van der Waals surface area contributed by atoms with E-state index in [9.17, 15) is 9.59 Å². The second-order valence-electron chi connectivity index (χ2n) is 7.53. The van der Waals surface area contributed by atoms with Gasteiger partial charge in [-0.05, 0) is 49.6 Å². The molecule has 2 amide bonds. The minimum Gasteiger partial charge on any atom is -0.497 e. The summed E-state index contributed by atoms with van der Waals surface area (Å²) in [7, 11) is 1.62. The van der Waals surface area contributed by atoms with Crippen LogP contribution in [0.1, 0.15) is 45.6 Å². The molecule has 0 aliphatic carbocycles. The largest absolute Gasteiger partial charge is 0.497 e. The number of ether oxygens (including phenoxy) is 1. The summed E-state index contributed by atoms with van der Waals surface area (Å²) in [6.45, 7) is 6.34. The zero-order valence-corrected chi connectivity index (χ0v) is 19.8. The number of nitrogens with one attached hydrogen (secondary N) is 1. The van der Waals surface area contributed by atoms with E-state index in [0.29, 0.717) is 25.1 Å². The van der Waals surface area contributed by atoms with Crippen LogP contribution in [0.3, 0.4) is 0 Å². The lowest BCUT2D eigenvalue weighted by molar-refractivity contribution is -0.141. The Morgan fingerprint density at radius 2 is 1.81 bits per heavy atom. The molecule has 0 spiro atoms. The molecule has 31 heavy (non-hydrogen) atoms. The quantitative estimate of drug-likeness (QED) is 0.475. The van der Waals surface area contributed by atoms with Gasteiger partial charge in [0.25, 0.3) is 0 Å². The summed E-state index contributed by atoms with van der Waals surface area (Å²) in [5.74, 6) is 1.30. The zero-order valence-electron chi connectivity index (χ0n) is 19.0. The molecule has 0 heterocycles. The van der Waals surface area contributed by atoms with E-state index in [-0.39, 0.29) is 17.9 Å². The molecule has 2 rings (SSSR count). The van der Waals surface area contributed by atoms with E-state index in [4.69, 9.17) is 4.74 Å². The highest BCUT2D eigenvalue weighted by atomic mass is 32.2. The van der Waals surface area contributed by atoms with Gasteiger partial charge in [-0.25, -0.2) is 0 Å². The zero-order chi connectivity index (χ0) is 22.6. The summed E-state index contributed by atoms with van der Waals surface area (Å²) < 4.78 is 5.33. The Labute approximate surface area is 190 Å². The number of benzene rings is 2. The number of carbonyl (C=O) groups excluding carboxylic acids is 2. The highest BCUT2D eigenvalue weighted by Crippen LogP contribution is 2.21. The monoisotopic (exact) mass is 442 g/mol. The van der Waals surface area contributed by atoms with Crippen LogP contribution >= 0.6 is 11.8 Å². The molecule has 0 saturated carbocycles. The molecule has 0 fully saturated rings. The molecule has 6 heteroatoms. The number of nitrogens with zero attached hydrogens (tertiary/aromatic N) is 1. The Kier molecular flexibility index (Phi) is 10.4. The Hall–Kier alpha value is -2.47. The number of hydrogen-bond acceptors (Lipinski definition) is 4. The Bertz CT molecular complexity index is 829. The minimum atomic E-state index is -0.505. The molecular formula is C25H34N2O3S. The van der Waals surface area contributed by atoms with Crippen molar-refractivity contribution < 1.29 is 14.3 Å². The molecule has 0 aliphatic rings. The van der Waals surface area contributed by atoms with E-state index < -0.39 is 6.04 Å². The lowest BCUT2D eigenvalue weighted by Gasteiger charge is -2.31.